The Morgan fingerprint density at radius 3 is 2.70 bits per heavy atom. The molecule has 1 aromatic heterocycles. The maximum absolute atomic E-state index is 12.4. The van der Waals surface area contributed by atoms with Crippen molar-refractivity contribution in [2.45, 2.75) is 11.2 Å². The quantitative estimate of drug-likeness (QED) is 0.839. The molecule has 0 saturated carbocycles. The summed E-state index contributed by atoms with van der Waals surface area (Å²) in [4.78, 5) is 15.5. The zero-order chi connectivity index (χ0) is 16.9. The van der Waals surface area contributed by atoms with Gasteiger partial charge in [0.05, 0.1) is 23.5 Å². The van der Waals surface area contributed by atoms with Crippen LogP contribution in [0.2, 0.25) is 0 Å². The van der Waals surface area contributed by atoms with E-state index in [-0.39, 0.29) is 11.7 Å². The molecule has 0 saturated heterocycles. The average molecular weight is 342 g/mol. The lowest BCUT2D eigenvalue weighted by Gasteiger charge is -2.08. The number of aromatic nitrogens is 1. The highest BCUT2D eigenvalue weighted by Gasteiger charge is 2.30. The first-order chi connectivity index (χ1) is 10.9. The normalized spacial score (nSPS) is 11.1. The summed E-state index contributed by atoms with van der Waals surface area (Å²) >= 11 is 1.06. The maximum atomic E-state index is 12.4. The van der Waals surface area contributed by atoms with Gasteiger partial charge in [0.25, 0.3) is 0 Å². The molecule has 1 aromatic carbocycles. The third kappa shape index (κ3) is 5.17. The van der Waals surface area contributed by atoms with E-state index in [9.17, 15) is 18.0 Å². The maximum Gasteiger partial charge on any atom is 0.417 e. The summed E-state index contributed by atoms with van der Waals surface area (Å²) in [6, 6.07) is 9.04. The van der Waals surface area contributed by atoms with Gasteiger partial charge >= 0.3 is 6.18 Å². The molecule has 0 atom stereocenters. The molecule has 0 fully saturated rings. The molecule has 122 valence electrons. The molecule has 0 radical (unpaired) electrons. The minimum absolute atomic E-state index is 0.0373. The van der Waals surface area contributed by atoms with Crippen molar-refractivity contribution < 1.29 is 22.7 Å². The summed E-state index contributed by atoms with van der Waals surface area (Å²) < 4.78 is 42.3. The summed E-state index contributed by atoms with van der Waals surface area (Å²) in [7, 11) is 1.52. The van der Waals surface area contributed by atoms with Gasteiger partial charge in [0, 0.05) is 18.0 Å². The highest BCUT2D eigenvalue weighted by molar-refractivity contribution is 7.99. The van der Waals surface area contributed by atoms with Crippen LogP contribution in [-0.4, -0.2) is 23.8 Å². The first kappa shape index (κ1) is 17.1. The van der Waals surface area contributed by atoms with Gasteiger partial charge in [-0.2, -0.15) is 13.2 Å². The van der Waals surface area contributed by atoms with Crippen LogP contribution in [0.3, 0.4) is 0 Å². The van der Waals surface area contributed by atoms with Crippen LogP contribution >= 0.6 is 11.8 Å². The Balaban J connectivity index is 1.89. The van der Waals surface area contributed by atoms with E-state index in [4.69, 9.17) is 4.74 Å². The number of amides is 1. The van der Waals surface area contributed by atoms with Gasteiger partial charge in [-0.1, -0.05) is 17.8 Å². The Hall–Kier alpha value is -2.22. The number of nitrogens with one attached hydrogen (secondary N) is 1. The second-order valence-corrected chi connectivity index (χ2v) is 5.45. The standard InChI is InChI=1S/C15H13F3N2O2S/c1-22-12-4-2-3-11(7-12)20-13(21)9-23-14-6-5-10(8-19-14)15(16,17)18/h2-8H,9H2,1H3,(H,20,21). The number of nitrogens with zero attached hydrogens (tertiary/aromatic N) is 1. The van der Waals surface area contributed by atoms with E-state index in [1.807, 2.05) is 0 Å². The monoisotopic (exact) mass is 342 g/mol. The van der Waals surface area contributed by atoms with Crippen molar-refractivity contribution in [2.24, 2.45) is 0 Å². The number of alkyl halides is 3. The van der Waals surface area contributed by atoms with Crippen LogP contribution in [0.15, 0.2) is 47.6 Å². The topological polar surface area (TPSA) is 51.2 Å². The molecule has 0 unspecified atom stereocenters. The molecule has 2 aromatic rings. The van der Waals surface area contributed by atoms with Crippen LogP contribution in [0.5, 0.6) is 5.75 Å². The van der Waals surface area contributed by atoms with Gasteiger partial charge in [0.1, 0.15) is 5.75 Å². The molecular weight excluding hydrogens is 329 g/mol. The van der Waals surface area contributed by atoms with Gasteiger partial charge in [-0.05, 0) is 24.3 Å². The van der Waals surface area contributed by atoms with E-state index >= 15 is 0 Å². The van der Waals surface area contributed by atoms with Crippen molar-refractivity contribution in [3.63, 3.8) is 0 Å². The van der Waals surface area contributed by atoms with Crippen LogP contribution in [0.1, 0.15) is 5.56 Å². The third-order valence-electron chi connectivity index (χ3n) is 2.77. The van der Waals surface area contributed by atoms with Crippen LogP contribution in [0.4, 0.5) is 18.9 Å². The molecule has 23 heavy (non-hydrogen) atoms. The predicted molar refractivity (Wildman–Crippen MR) is 81.6 cm³/mol. The van der Waals surface area contributed by atoms with Gasteiger partial charge in [-0.3, -0.25) is 4.79 Å². The fraction of sp³-hybridized carbons (Fsp3) is 0.200. The first-order valence-corrected chi connectivity index (χ1v) is 7.47. The second-order valence-electron chi connectivity index (χ2n) is 4.45. The van der Waals surface area contributed by atoms with Crippen LogP contribution in [-0.2, 0) is 11.0 Å². The van der Waals surface area contributed by atoms with Gasteiger partial charge in [0.2, 0.25) is 5.91 Å². The molecule has 1 amide bonds. The molecular formula is C15H13F3N2O2S. The fourth-order valence-corrected chi connectivity index (χ4v) is 2.31. The molecule has 1 heterocycles. The third-order valence-corrected chi connectivity index (χ3v) is 3.71. The predicted octanol–water partition coefficient (Wildman–Crippen LogP) is 3.84. The number of thioether (sulfide) groups is 1. The molecule has 2 rings (SSSR count). The summed E-state index contributed by atoms with van der Waals surface area (Å²) in [5.74, 6) is 0.361. The van der Waals surface area contributed by atoms with Crippen LogP contribution in [0.25, 0.3) is 0 Å². The van der Waals surface area contributed by atoms with Gasteiger partial charge < -0.3 is 10.1 Å². The highest BCUT2D eigenvalue weighted by Crippen LogP contribution is 2.29. The molecule has 4 nitrogen and oxygen atoms in total. The summed E-state index contributed by atoms with van der Waals surface area (Å²) in [5.41, 5.74) is -0.238. The van der Waals surface area contributed by atoms with Crippen molar-refractivity contribution in [2.75, 3.05) is 18.2 Å². The summed E-state index contributed by atoms with van der Waals surface area (Å²) in [6.07, 6.45) is -3.66. The van der Waals surface area contributed by atoms with Gasteiger partial charge in [0.15, 0.2) is 0 Å². The Morgan fingerprint density at radius 1 is 1.30 bits per heavy atom. The number of halogens is 3. The lowest BCUT2D eigenvalue weighted by Crippen LogP contribution is -2.14. The Bertz CT molecular complexity index is 675. The Morgan fingerprint density at radius 2 is 2.09 bits per heavy atom. The molecule has 0 spiro atoms. The number of ether oxygens (including phenoxy) is 1. The number of carbonyl (C=O) groups is 1. The number of benzene rings is 1. The Kier molecular flexibility index (Phi) is 5.49. The SMILES string of the molecule is COc1cccc(NC(=O)CSc2ccc(C(F)(F)F)cn2)c1. The molecule has 1 N–H and O–H groups in total. The van der Waals surface area contributed by atoms with Crippen molar-refractivity contribution in [3.05, 3.63) is 48.2 Å². The van der Waals surface area contributed by atoms with Gasteiger partial charge in [-0.15, -0.1) is 0 Å². The van der Waals surface area contributed by atoms with Crippen molar-refractivity contribution in [1.82, 2.24) is 4.98 Å². The number of rotatable bonds is 5. The smallest absolute Gasteiger partial charge is 0.417 e. The zero-order valence-electron chi connectivity index (χ0n) is 12.1. The van der Waals surface area contributed by atoms with E-state index in [0.717, 1.165) is 24.0 Å². The summed E-state index contributed by atoms with van der Waals surface area (Å²) in [5, 5.41) is 3.02. The first-order valence-electron chi connectivity index (χ1n) is 6.48. The molecule has 8 heteroatoms. The molecule has 0 aliphatic carbocycles. The Labute approximate surface area is 135 Å². The minimum Gasteiger partial charge on any atom is -0.497 e. The van der Waals surface area contributed by atoms with E-state index in [1.165, 1.54) is 13.2 Å². The van der Waals surface area contributed by atoms with Crippen molar-refractivity contribution in [3.8, 4) is 5.75 Å². The number of anilines is 1. The lowest BCUT2D eigenvalue weighted by molar-refractivity contribution is -0.137. The molecule has 0 aliphatic rings. The zero-order valence-corrected chi connectivity index (χ0v) is 12.9. The number of hydrogen-bond acceptors (Lipinski definition) is 4. The van der Waals surface area contributed by atoms with E-state index in [0.29, 0.717) is 16.5 Å². The fourth-order valence-electron chi connectivity index (χ4n) is 1.67. The average Bonchev–Trinajstić information content (AvgIpc) is 2.52. The van der Waals surface area contributed by atoms with Crippen molar-refractivity contribution in [1.29, 1.82) is 0 Å². The van der Waals surface area contributed by atoms with Crippen LogP contribution in [0, 0.1) is 0 Å². The second kappa shape index (κ2) is 7.36. The largest absolute Gasteiger partial charge is 0.497 e. The number of carbonyl (C=O) groups excluding carboxylic acids is 1. The summed E-state index contributed by atoms with van der Waals surface area (Å²) in [6.45, 7) is 0. The molecule has 0 bridgehead atoms. The van der Waals surface area contributed by atoms with Gasteiger partial charge in [-0.25, -0.2) is 4.98 Å². The minimum atomic E-state index is -4.42. The van der Waals surface area contributed by atoms with Crippen LogP contribution < -0.4 is 10.1 Å². The highest BCUT2D eigenvalue weighted by atomic mass is 32.2. The van der Waals surface area contributed by atoms with E-state index in [2.05, 4.69) is 10.3 Å². The van der Waals surface area contributed by atoms with E-state index in [1.54, 1.807) is 24.3 Å². The lowest BCUT2D eigenvalue weighted by atomic mass is 10.3. The number of methoxy groups -OCH3 is 1. The molecule has 0 aliphatic heterocycles. The van der Waals surface area contributed by atoms with E-state index < -0.39 is 11.7 Å². The number of pyridine rings is 1. The van der Waals surface area contributed by atoms with Crippen molar-refractivity contribution >= 4 is 23.4 Å². The number of hydrogen-bond donors (Lipinski definition) is 1.